The van der Waals surface area contributed by atoms with Crippen molar-refractivity contribution in [3.8, 4) is 0 Å². The first-order valence-corrected chi connectivity index (χ1v) is 5.10. The summed E-state index contributed by atoms with van der Waals surface area (Å²) in [5.41, 5.74) is 0.799. The van der Waals surface area contributed by atoms with Gasteiger partial charge in [-0.05, 0) is 23.8 Å². The Morgan fingerprint density at radius 1 is 1.38 bits per heavy atom. The number of carbonyl (C=O) groups is 2. The molecule has 85 valence electrons. The summed E-state index contributed by atoms with van der Waals surface area (Å²) in [6.45, 7) is 0.329. The summed E-state index contributed by atoms with van der Waals surface area (Å²) in [4.78, 5) is 21.4. The average molecular weight is 241 g/mol. The molecule has 0 aliphatic rings. The number of hydrogen-bond donors (Lipinski definition) is 2. The smallest absolute Gasteiger partial charge is 0.303 e. The van der Waals surface area contributed by atoms with Crippen LogP contribution in [0.25, 0.3) is 0 Å². The van der Waals surface area contributed by atoms with E-state index >= 15 is 0 Å². The van der Waals surface area contributed by atoms with Gasteiger partial charge in [0, 0.05) is 18.0 Å². The third-order valence-corrected chi connectivity index (χ3v) is 2.12. The van der Waals surface area contributed by atoms with Crippen LogP contribution in [0.15, 0.2) is 18.2 Å². The fourth-order valence-corrected chi connectivity index (χ4v) is 1.17. The highest BCUT2D eigenvalue weighted by molar-refractivity contribution is 6.30. The predicted octanol–water partition coefficient (Wildman–Crippen LogP) is 1.62. The number of halogens is 1. The van der Waals surface area contributed by atoms with Gasteiger partial charge in [-0.2, -0.15) is 0 Å². The Morgan fingerprint density at radius 2 is 2.12 bits per heavy atom. The molecule has 0 atom stereocenters. The molecular formula is C11H11ClNO3. The van der Waals surface area contributed by atoms with Gasteiger partial charge in [0.15, 0.2) is 0 Å². The number of amides is 1. The second-order valence-electron chi connectivity index (χ2n) is 3.20. The highest BCUT2D eigenvalue weighted by Gasteiger charge is 2.04. The first kappa shape index (κ1) is 12.5. The van der Waals surface area contributed by atoms with Crippen molar-refractivity contribution in [3.05, 3.63) is 34.9 Å². The van der Waals surface area contributed by atoms with Crippen molar-refractivity contribution < 1.29 is 14.7 Å². The van der Waals surface area contributed by atoms with Crippen LogP contribution in [0.1, 0.15) is 18.4 Å². The highest BCUT2D eigenvalue weighted by Crippen LogP contribution is 2.08. The van der Waals surface area contributed by atoms with E-state index in [1.54, 1.807) is 18.2 Å². The molecule has 0 unspecified atom stereocenters. The summed E-state index contributed by atoms with van der Waals surface area (Å²) < 4.78 is 0. The van der Waals surface area contributed by atoms with Crippen LogP contribution in [-0.2, 0) is 16.1 Å². The Labute approximate surface area is 98.2 Å². The third kappa shape index (κ3) is 4.79. The number of carbonyl (C=O) groups excluding carboxylic acids is 1. The number of carboxylic acid groups (broad SMARTS) is 1. The molecule has 0 fully saturated rings. The van der Waals surface area contributed by atoms with Crippen molar-refractivity contribution in [1.29, 1.82) is 0 Å². The molecule has 0 aromatic heterocycles. The minimum absolute atomic E-state index is 0.0110. The van der Waals surface area contributed by atoms with E-state index in [9.17, 15) is 9.59 Å². The molecule has 1 aromatic carbocycles. The zero-order valence-corrected chi connectivity index (χ0v) is 9.25. The van der Waals surface area contributed by atoms with E-state index in [-0.39, 0.29) is 18.7 Å². The lowest BCUT2D eigenvalue weighted by atomic mass is 10.2. The number of carboxylic acids is 1. The first-order valence-electron chi connectivity index (χ1n) is 4.72. The van der Waals surface area contributed by atoms with Crippen LogP contribution in [0.3, 0.4) is 0 Å². The first-order chi connectivity index (χ1) is 7.58. The summed E-state index contributed by atoms with van der Waals surface area (Å²) in [5, 5.41) is 11.6. The highest BCUT2D eigenvalue weighted by atomic mass is 35.5. The topological polar surface area (TPSA) is 66.4 Å². The van der Waals surface area contributed by atoms with Gasteiger partial charge in [0.05, 0.1) is 6.42 Å². The Balaban J connectivity index is 2.31. The summed E-state index contributed by atoms with van der Waals surface area (Å²) in [5.74, 6) is -1.26. The monoisotopic (exact) mass is 240 g/mol. The molecule has 1 rings (SSSR count). The van der Waals surface area contributed by atoms with Crippen molar-refractivity contribution in [3.63, 3.8) is 0 Å². The molecule has 1 radical (unpaired) electrons. The van der Waals surface area contributed by atoms with E-state index in [0.717, 1.165) is 5.56 Å². The lowest BCUT2D eigenvalue weighted by Gasteiger charge is -2.03. The van der Waals surface area contributed by atoms with Crippen LogP contribution in [-0.4, -0.2) is 17.0 Å². The molecule has 2 N–H and O–H groups in total. The molecule has 1 aromatic rings. The number of aliphatic carboxylic acids is 1. The van der Waals surface area contributed by atoms with Crippen LogP contribution in [0, 0.1) is 6.07 Å². The predicted molar refractivity (Wildman–Crippen MR) is 59.0 cm³/mol. The van der Waals surface area contributed by atoms with E-state index in [1.807, 2.05) is 0 Å². The minimum atomic E-state index is -0.979. The molecule has 0 bridgehead atoms. The van der Waals surface area contributed by atoms with Crippen molar-refractivity contribution >= 4 is 23.5 Å². The molecule has 0 spiro atoms. The van der Waals surface area contributed by atoms with Gasteiger partial charge in [-0.15, -0.1) is 0 Å². The van der Waals surface area contributed by atoms with Gasteiger partial charge in [-0.3, -0.25) is 9.59 Å². The van der Waals surface area contributed by atoms with Gasteiger partial charge < -0.3 is 10.4 Å². The average Bonchev–Trinajstić information content (AvgIpc) is 2.25. The van der Waals surface area contributed by atoms with Gasteiger partial charge >= 0.3 is 5.97 Å². The van der Waals surface area contributed by atoms with Crippen molar-refractivity contribution in [2.45, 2.75) is 19.4 Å². The summed E-state index contributed by atoms with van der Waals surface area (Å²) in [7, 11) is 0. The fourth-order valence-electron chi connectivity index (χ4n) is 1.05. The summed E-state index contributed by atoms with van der Waals surface area (Å²) in [6, 6.07) is 7.96. The Hall–Kier alpha value is -1.55. The van der Waals surface area contributed by atoms with Crippen molar-refractivity contribution in [2.24, 2.45) is 0 Å². The van der Waals surface area contributed by atoms with Gasteiger partial charge in [0.25, 0.3) is 0 Å². The quantitative estimate of drug-likeness (QED) is 0.822. The molecule has 0 aliphatic heterocycles. The van der Waals surface area contributed by atoms with Crippen molar-refractivity contribution in [1.82, 2.24) is 5.32 Å². The molecule has 16 heavy (non-hydrogen) atoms. The molecule has 0 saturated carbocycles. The second-order valence-corrected chi connectivity index (χ2v) is 3.64. The molecule has 1 amide bonds. The van der Waals surface area contributed by atoms with Crippen LogP contribution in [0.4, 0.5) is 0 Å². The van der Waals surface area contributed by atoms with E-state index in [1.165, 1.54) is 0 Å². The lowest BCUT2D eigenvalue weighted by Crippen LogP contribution is -2.23. The Morgan fingerprint density at radius 3 is 2.69 bits per heavy atom. The fraction of sp³-hybridized carbons (Fsp3) is 0.273. The number of hydrogen-bond acceptors (Lipinski definition) is 2. The Bertz CT molecular complexity index is 375. The molecule has 4 nitrogen and oxygen atoms in total. The molecule has 0 heterocycles. The van der Waals surface area contributed by atoms with E-state index in [0.29, 0.717) is 11.6 Å². The molecule has 0 saturated heterocycles. The van der Waals surface area contributed by atoms with Crippen LogP contribution < -0.4 is 5.32 Å². The molecule has 0 aliphatic carbocycles. The zero-order valence-electron chi connectivity index (χ0n) is 8.50. The van der Waals surface area contributed by atoms with Gasteiger partial charge in [0.2, 0.25) is 5.91 Å². The maximum Gasteiger partial charge on any atom is 0.303 e. The second kappa shape index (κ2) is 6.12. The largest absolute Gasteiger partial charge is 0.481 e. The normalized spacial score (nSPS) is 9.81. The van der Waals surface area contributed by atoms with E-state index < -0.39 is 5.97 Å². The van der Waals surface area contributed by atoms with Crippen LogP contribution in [0.2, 0.25) is 5.02 Å². The lowest BCUT2D eigenvalue weighted by molar-refractivity contribution is -0.138. The van der Waals surface area contributed by atoms with Crippen LogP contribution >= 0.6 is 11.6 Å². The molecular weight excluding hydrogens is 230 g/mol. The number of rotatable bonds is 5. The maximum atomic E-state index is 11.2. The third-order valence-electron chi connectivity index (χ3n) is 1.88. The van der Waals surface area contributed by atoms with Gasteiger partial charge in [-0.1, -0.05) is 17.7 Å². The number of benzene rings is 1. The zero-order chi connectivity index (χ0) is 12.0. The number of nitrogens with one attached hydrogen (secondary N) is 1. The van der Waals surface area contributed by atoms with E-state index in [2.05, 4.69) is 11.4 Å². The van der Waals surface area contributed by atoms with E-state index in [4.69, 9.17) is 16.7 Å². The molecule has 5 heteroatoms. The van der Waals surface area contributed by atoms with Gasteiger partial charge in [-0.25, -0.2) is 0 Å². The minimum Gasteiger partial charge on any atom is -0.481 e. The van der Waals surface area contributed by atoms with Crippen LogP contribution in [0.5, 0.6) is 0 Å². The Kier molecular flexibility index (Phi) is 4.79. The maximum absolute atomic E-state index is 11.2. The summed E-state index contributed by atoms with van der Waals surface area (Å²) >= 11 is 5.68. The van der Waals surface area contributed by atoms with Crippen molar-refractivity contribution in [2.75, 3.05) is 0 Å². The van der Waals surface area contributed by atoms with Gasteiger partial charge in [0.1, 0.15) is 0 Å². The SMILES string of the molecule is O=C(O)CCC(=O)NCc1[c]cc(Cl)cc1. The summed E-state index contributed by atoms with van der Waals surface area (Å²) in [6.07, 6.45) is -0.168. The standard InChI is InChI=1S/C11H11ClNO3/c12-9-3-1-8(2-4-9)7-13-10(14)5-6-11(15)16/h1,3-4H,5-7H2,(H,13,14)(H,15,16).